The van der Waals surface area contributed by atoms with E-state index in [1.807, 2.05) is 34.5 Å². The summed E-state index contributed by atoms with van der Waals surface area (Å²) in [5, 5.41) is 4.96. The molecule has 1 saturated heterocycles. The molecule has 0 atom stereocenters. The van der Waals surface area contributed by atoms with Crippen molar-refractivity contribution in [3.05, 3.63) is 52.2 Å². The summed E-state index contributed by atoms with van der Waals surface area (Å²) in [5.41, 5.74) is 2.18. The van der Waals surface area contributed by atoms with Gasteiger partial charge in [-0.25, -0.2) is 0 Å². The Bertz CT molecular complexity index is 732. The molecule has 5 heteroatoms. The number of amides is 2. The average Bonchev–Trinajstić information content (AvgIpc) is 3.24. The van der Waals surface area contributed by atoms with Gasteiger partial charge < -0.3 is 10.2 Å². The van der Waals surface area contributed by atoms with Crippen LogP contribution in [0.1, 0.15) is 54.3 Å². The van der Waals surface area contributed by atoms with E-state index in [1.54, 1.807) is 0 Å². The Balaban J connectivity index is 1.46. The number of piperidine rings is 1. The van der Waals surface area contributed by atoms with Gasteiger partial charge >= 0.3 is 0 Å². The van der Waals surface area contributed by atoms with Crippen molar-refractivity contribution in [1.29, 1.82) is 0 Å². The van der Waals surface area contributed by atoms with E-state index in [0.717, 1.165) is 29.8 Å². The fourth-order valence-corrected chi connectivity index (χ4v) is 4.17. The van der Waals surface area contributed by atoms with Crippen LogP contribution in [0.25, 0.3) is 0 Å². The van der Waals surface area contributed by atoms with E-state index in [2.05, 4.69) is 24.4 Å². The molecule has 1 aromatic heterocycles. The van der Waals surface area contributed by atoms with Crippen molar-refractivity contribution in [1.82, 2.24) is 4.90 Å². The largest absolute Gasteiger partial charge is 0.338 e. The third kappa shape index (κ3) is 5.42. The van der Waals surface area contributed by atoms with Crippen LogP contribution in [0.2, 0.25) is 0 Å². The van der Waals surface area contributed by atoms with Crippen molar-refractivity contribution in [3.8, 4) is 0 Å². The van der Waals surface area contributed by atoms with Crippen molar-refractivity contribution >= 4 is 28.8 Å². The molecule has 0 spiro atoms. The quantitative estimate of drug-likeness (QED) is 0.685. The minimum Gasteiger partial charge on any atom is -0.338 e. The number of nitrogens with one attached hydrogen (secondary N) is 1. The lowest BCUT2D eigenvalue weighted by Crippen LogP contribution is -2.41. The monoisotopic (exact) mass is 384 g/mol. The second kappa shape index (κ2) is 9.70. The van der Waals surface area contributed by atoms with Crippen LogP contribution in [-0.2, 0) is 11.2 Å². The molecule has 4 nitrogen and oxygen atoms in total. The molecule has 2 heterocycles. The molecule has 2 amide bonds. The second-order valence-electron chi connectivity index (χ2n) is 7.19. The average molecular weight is 385 g/mol. The summed E-state index contributed by atoms with van der Waals surface area (Å²) in [6.07, 6.45) is 6.23. The normalized spacial score (nSPS) is 14.9. The van der Waals surface area contributed by atoms with Gasteiger partial charge in [-0.2, -0.15) is 0 Å². The van der Waals surface area contributed by atoms with Gasteiger partial charge in [0.2, 0.25) is 5.91 Å². The van der Waals surface area contributed by atoms with Crippen molar-refractivity contribution in [3.63, 3.8) is 0 Å². The van der Waals surface area contributed by atoms with E-state index >= 15 is 0 Å². The predicted molar refractivity (Wildman–Crippen MR) is 111 cm³/mol. The lowest BCUT2D eigenvalue weighted by atomic mass is 9.95. The number of hydrogen-bond donors (Lipinski definition) is 1. The molecule has 3 rings (SSSR count). The maximum absolute atomic E-state index is 12.6. The van der Waals surface area contributed by atoms with Gasteiger partial charge in [0.1, 0.15) is 0 Å². The van der Waals surface area contributed by atoms with Crippen molar-refractivity contribution in [2.45, 2.75) is 45.4 Å². The molecule has 1 aromatic carbocycles. The second-order valence-corrected chi connectivity index (χ2v) is 8.13. The van der Waals surface area contributed by atoms with Crippen LogP contribution in [0, 0.1) is 5.92 Å². The van der Waals surface area contributed by atoms with Crippen molar-refractivity contribution in [2.75, 3.05) is 18.4 Å². The molecule has 27 heavy (non-hydrogen) atoms. The van der Waals surface area contributed by atoms with Crippen molar-refractivity contribution < 1.29 is 9.59 Å². The van der Waals surface area contributed by atoms with Gasteiger partial charge in [-0.3, -0.25) is 9.59 Å². The molecular formula is C22H28N2O2S. The van der Waals surface area contributed by atoms with E-state index in [9.17, 15) is 9.59 Å². The summed E-state index contributed by atoms with van der Waals surface area (Å²) in [4.78, 5) is 27.6. The maximum Gasteiger partial charge on any atom is 0.263 e. The number of hydrogen-bond acceptors (Lipinski definition) is 3. The minimum absolute atomic E-state index is 0.0263. The molecule has 0 saturated carbocycles. The molecule has 0 radical (unpaired) electrons. The van der Waals surface area contributed by atoms with Crippen LogP contribution in [-0.4, -0.2) is 29.8 Å². The fourth-order valence-electron chi connectivity index (χ4n) is 3.48. The first-order valence-corrected chi connectivity index (χ1v) is 10.8. The first-order valence-electron chi connectivity index (χ1n) is 9.90. The highest BCUT2D eigenvalue weighted by atomic mass is 32.1. The summed E-state index contributed by atoms with van der Waals surface area (Å²) >= 11 is 1.47. The Hall–Kier alpha value is -2.14. The highest BCUT2D eigenvalue weighted by molar-refractivity contribution is 7.12. The van der Waals surface area contributed by atoms with Crippen LogP contribution >= 0.6 is 11.3 Å². The molecule has 0 unspecified atom stereocenters. The molecule has 0 bridgehead atoms. The number of benzene rings is 1. The smallest absolute Gasteiger partial charge is 0.263 e. The lowest BCUT2D eigenvalue weighted by Gasteiger charge is -2.31. The number of aryl methyl sites for hydroxylation is 1. The Morgan fingerprint density at radius 1 is 1.11 bits per heavy atom. The van der Waals surface area contributed by atoms with Gasteiger partial charge in [0.05, 0.1) is 4.88 Å². The van der Waals surface area contributed by atoms with E-state index in [4.69, 9.17) is 0 Å². The third-order valence-corrected chi connectivity index (χ3v) is 6.03. The van der Waals surface area contributed by atoms with Gasteiger partial charge in [0.25, 0.3) is 5.91 Å². The molecule has 144 valence electrons. The van der Waals surface area contributed by atoms with Gasteiger partial charge in [0.15, 0.2) is 0 Å². The van der Waals surface area contributed by atoms with E-state index in [1.165, 1.54) is 36.2 Å². The summed E-state index contributed by atoms with van der Waals surface area (Å²) < 4.78 is 0. The van der Waals surface area contributed by atoms with Gasteiger partial charge in [-0.1, -0.05) is 38.0 Å². The molecule has 1 aliphatic heterocycles. The predicted octanol–water partition coefficient (Wildman–Crippen LogP) is 4.97. The summed E-state index contributed by atoms with van der Waals surface area (Å²) in [6.45, 7) is 3.50. The standard InChI is InChI=1S/C22H28N2O2S/c1-2-3-4-6-17-8-10-19(11-9-17)23-21(25)18-12-14-24(15-13-18)22(26)20-7-5-16-27-20/h5,7-11,16,18H,2-4,6,12-15H2,1H3,(H,23,25). The topological polar surface area (TPSA) is 49.4 Å². The van der Waals surface area contributed by atoms with Crippen LogP contribution in [0.3, 0.4) is 0 Å². The molecule has 1 fully saturated rings. The van der Waals surface area contributed by atoms with Crippen LogP contribution in [0.15, 0.2) is 41.8 Å². The number of nitrogens with zero attached hydrogens (tertiary/aromatic N) is 1. The zero-order chi connectivity index (χ0) is 19.1. The molecular weight excluding hydrogens is 356 g/mol. The van der Waals surface area contributed by atoms with Crippen LogP contribution < -0.4 is 5.32 Å². The lowest BCUT2D eigenvalue weighted by molar-refractivity contribution is -0.121. The zero-order valence-corrected chi connectivity index (χ0v) is 16.8. The Labute approximate surface area is 165 Å². The number of carbonyl (C=O) groups excluding carboxylic acids is 2. The highest BCUT2D eigenvalue weighted by Crippen LogP contribution is 2.22. The maximum atomic E-state index is 12.6. The number of likely N-dealkylation sites (tertiary alicyclic amines) is 1. The fraction of sp³-hybridized carbons (Fsp3) is 0.455. The van der Waals surface area contributed by atoms with E-state index in [0.29, 0.717) is 13.1 Å². The number of anilines is 1. The summed E-state index contributed by atoms with van der Waals surface area (Å²) in [7, 11) is 0. The van der Waals surface area contributed by atoms with Gasteiger partial charge in [-0.05, 0) is 54.8 Å². The minimum atomic E-state index is -0.0263. The number of carbonyl (C=O) groups is 2. The molecule has 2 aromatic rings. The Kier molecular flexibility index (Phi) is 7.04. The summed E-state index contributed by atoms with van der Waals surface area (Å²) in [5.74, 6) is 0.126. The van der Waals surface area contributed by atoms with Crippen LogP contribution in [0.5, 0.6) is 0 Å². The van der Waals surface area contributed by atoms with Gasteiger partial charge in [0, 0.05) is 24.7 Å². The Morgan fingerprint density at radius 2 is 1.85 bits per heavy atom. The number of rotatable bonds is 7. The first-order chi connectivity index (χ1) is 13.2. The van der Waals surface area contributed by atoms with Crippen molar-refractivity contribution in [2.24, 2.45) is 5.92 Å². The van der Waals surface area contributed by atoms with Crippen LogP contribution in [0.4, 0.5) is 5.69 Å². The van der Waals surface area contributed by atoms with E-state index < -0.39 is 0 Å². The highest BCUT2D eigenvalue weighted by Gasteiger charge is 2.28. The Morgan fingerprint density at radius 3 is 2.48 bits per heavy atom. The molecule has 1 aliphatic rings. The number of unbranched alkanes of at least 4 members (excludes halogenated alkanes) is 2. The molecule has 1 N–H and O–H groups in total. The van der Waals surface area contributed by atoms with E-state index in [-0.39, 0.29) is 17.7 Å². The SMILES string of the molecule is CCCCCc1ccc(NC(=O)C2CCN(C(=O)c3cccs3)CC2)cc1. The summed E-state index contributed by atoms with van der Waals surface area (Å²) in [6, 6.07) is 12.0. The van der Waals surface area contributed by atoms with Gasteiger partial charge in [-0.15, -0.1) is 11.3 Å². The number of thiophene rings is 1. The third-order valence-electron chi connectivity index (χ3n) is 5.18. The zero-order valence-electron chi connectivity index (χ0n) is 15.9. The molecule has 0 aliphatic carbocycles. The first kappa shape index (κ1) is 19.6.